The number of carbonyl (C=O) groups excluding carboxylic acids is 2. The molecule has 6 heteroatoms. The minimum atomic E-state index is -0.0601. The van der Waals surface area contributed by atoms with E-state index in [0.717, 1.165) is 45.3 Å². The Morgan fingerprint density at radius 3 is 2.52 bits per heavy atom. The number of carbonyl (C=O) groups is 2. The number of piperidine rings is 1. The summed E-state index contributed by atoms with van der Waals surface area (Å²) < 4.78 is 3.43. The number of hydrogen-bond acceptors (Lipinski definition) is 2. The van der Waals surface area contributed by atoms with Gasteiger partial charge in [-0.05, 0) is 25.7 Å². The molecule has 0 radical (unpaired) electrons. The predicted molar refractivity (Wildman–Crippen MR) is 87.9 cm³/mol. The van der Waals surface area contributed by atoms with Gasteiger partial charge in [-0.25, -0.2) is 9.36 Å². The molecule has 1 unspecified atom stereocenters. The molecule has 0 aromatic carbocycles. The van der Waals surface area contributed by atoms with Gasteiger partial charge in [0.2, 0.25) is 5.91 Å². The van der Waals surface area contributed by atoms with E-state index in [1.807, 2.05) is 27.6 Å². The molecule has 0 saturated carbocycles. The fourth-order valence-electron chi connectivity index (χ4n) is 3.21. The second kappa shape index (κ2) is 8.13. The molecule has 1 aliphatic heterocycles. The Morgan fingerprint density at radius 1 is 1.26 bits per heavy atom. The maximum atomic E-state index is 12.8. The smallest absolute Gasteiger partial charge is 0.342 e. The Labute approximate surface area is 138 Å². The number of nitrogens with zero attached hydrogens (tertiary/aromatic N) is 4. The van der Waals surface area contributed by atoms with E-state index < -0.39 is 0 Å². The molecule has 6 nitrogen and oxygen atoms in total. The lowest BCUT2D eigenvalue weighted by Crippen LogP contribution is -2.48. The fraction of sp³-hybridized carbons (Fsp3) is 0.706. The standard InChI is InChI=1S/C17H29N4O2/c1-4-8-19(9-5-2)16(22)15-7-6-10-20(13-15)17(23)21-12-11-18(3)14-21/h11-12,14-15H,4-10,13H2,1-3H3/q+1. The number of amides is 2. The highest BCUT2D eigenvalue weighted by Crippen LogP contribution is 2.20. The van der Waals surface area contributed by atoms with E-state index in [1.165, 1.54) is 0 Å². The molecule has 0 N–H and O–H groups in total. The Hall–Kier alpha value is -1.85. The van der Waals surface area contributed by atoms with Gasteiger partial charge in [-0.3, -0.25) is 4.79 Å². The Bertz CT molecular complexity index is 534. The SMILES string of the molecule is CCCN(CCC)C(=O)C1CCCN(C(=O)n2cc[n+](C)c2)C1. The van der Waals surface area contributed by atoms with Crippen molar-refractivity contribution >= 4 is 11.9 Å². The van der Waals surface area contributed by atoms with Gasteiger partial charge >= 0.3 is 6.03 Å². The number of likely N-dealkylation sites (tertiary alicyclic amines) is 1. The highest BCUT2D eigenvalue weighted by molar-refractivity contribution is 5.81. The second-order valence-electron chi connectivity index (χ2n) is 6.38. The van der Waals surface area contributed by atoms with Crippen LogP contribution in [0.2, 0.25) is 0 Å². The number of hydrogen-bond donors (Lipinski definition) is 0. The molecular weight excluding hydrogens is 292 g/mol. The van der Waals surface area contributed by atoms with Crippen LogP contribution in [0.3, 0.4) is 0 Å². The maximum Gasteiger partial charge on any atom is 0.415 e. The first kappa shape index (κ1) is 17.5. The van der Waals surface area contributed by atoms with Crippen molar-refractivity contribution < 1.29 is 14.2 Å². The van der Waals surface area contributed by atoms with Crippen LogP contribution >= 0.6 is 0 Å². The first-order valence-electron chi connectivity index (χ1n) is 8.68. The topological polar surface area (TPSA) is 49.4 Å². The van der Waals surface area contributed by atoms with Crippen LogP contribution < -0.4 is 4.57 Å². The normalized spacial score (nSPS) is 18.0. The van der Waals surface area contributed by atoms with E-state index in [-0.39, 0.29) is 17.9 Å². The lowest BCUT2D eigenvalue weighted by molar-refractivity contribution is -0.670. The van der Waals surface area contributed by atoms with Crippen molar-refractivity contribution in [1.82, 2.24) is 14.4 Å². The van der Waals surface area contributed by atoms with Gasteiger partial charge < -0.3 is 9.80 Å². The lowest BCUT2D eigenvalue weighted by atomic mass is 9.96. The zero-order chi connectivity index (χ0) is 16.8. The number of imidazole rings is 1. The molecule has 1 aromatic rings. The van der Waals surface area contributed by atoms with Crippen LogP contribution in [-0.4, -0.2) is 52.5 Å². The van der Waals surface area contributed by atoms with Gasteiger partial charge in [0.1, 0.15) is 12.4 Å². The van der Waals surface area contributed by atoms with Crippen LogP contribution in [0, 0.1) is 5.92 Å². The molecule has 1 atom stereocenters. The van der Waals surface area contributed by atoms with Gasteiger partial charge in [-0.2, -0.15) is 4.57 Å². The summed E-state index contributed by atoms with van der Waals surface area (Å²) in [6, 6.07) is -0.0411. The first-order chi connectivity index (χ1) is 11.1. The van der Waals surface area contributed by atoms with E-state index in [9.17, 15) is 9.59 Å². The van der Waals surface area contributed by atoms with Gasteiger partial charge in [0.05, 0.1) is 13.0 Å². The van der Waals surface area contributed by atoms with Crippen molar-refractivity contribution in [2.24, 2.45) is 13.0 Å². The molecule has 1 saturated heterocycles. The molecule has 128 valence electrons. The van der Waals surface area contributed by atoms with Gasteiger partial charge in [0.15, 0.2) is 0 Å². The van der Waals surface area contributed by atoms with Crippen molar-refractivity contribution in [1.29, 1.82) is 0 Å². The second-order valence-corrected chi connectivity index (χ2v) is 6.38. The molecule has 0 bridgehead atoms. The van der Waals surface area contributed by atoms with E-state index in [0.29, 0.717) is 6.54 Å². The van der Waals surface area contributed by atoms with Gasteiger partial charge in [-0.15, -0.1) is 0 Å². The van der Waals surface area contributed by atoms with Crippen LogP contribution in [0.1, 0.15) is 39.5 Å². The zero-order valence-electron chi connectivity index (χ0n) is 14.6. The molecule has 1 fully saturated rings. The van der Waals surface area contributed by atoms with E-state index in [1.54, 1.807) is 17.1 Å². The molecule has 0 spiro atoms. The van der Waals surface area contributed by atoms with E-state index in [4.69, 9.17) is 0 Å². The Balaban J connectivity index is 2.02. The highest BCUT2D eigenvalue weighted by Gasteiger charge is 2.32. The van der Waals surface area contributed by atoms with Crippen molar-refractivity contribution in [2.45, 2.75) is 39.5 Å². The maximum absolute atomic E-state index is 12.8. The molecular formula is C17H29N4O2+. The summed E-state index contributed by atoms with van der Waals surface area (Å²) in [5.74, 6) is 0.152. The number of rotatable bonds is 5. The fourth-order valence-corrected chi connectivity index (χ4v) is 3.21. The Kier molecular flexibility index (Phi) is 6.19. The molecule has 23 heavy (non-hydrogen) atoms. The van der Waals surface area contributed by atoms with Gasteiger partial charge in [0, 0.05) is 26.2 Å². The molecule has 1 aliphatic rings. The van der Waals surface area contributed by atoms with Crippen molar-refractivity contribution in [3.8, 4) is 0 Å². The largest absolute Gasteiger partial charge is 0.415 e. The molecule has 1 aromatic heterocycles. The van der Waals surface area contributed by atoms with Crippen LogP contribution in [-0.2, 0) is 11.8 Å². The summed E-state index contributed by atoms with van der Waals surface area (Å²) in [4.78, 5) is 29.1. The van der Waals surface area contributed by atoms with Crippen LogP contribution in [0.25, 0.3) is 0 Å². The summed E-state index contributed by atoms with van der Waals surface area (Å²) in [6.45, 7) is 7.07. The number of aromatic nitrogens is 2. The third kappa shape index (κ3) is 4.33. The first-order valence-corrected chi connectivity index (χ1v) is 8.68. The summed E-state index contributed by atoms with van der Waals surface area (Å²) in [5, 5.41) is 0. The van der Waals surface area contributed by atoms with Gasteiger partial charge in [0.25, 0.3) is 6.33 Å². The minimum Gasteiger partial charge on any atom is -0.342 e. The van der Waals surface area contributed by atoms with Crippen molar-refractivity contribution in [3.63, 3.8) is 0 Å². The summed E-state index contributed by atoms with van der Waals surface area (Å²) in [7, 11) is 1.89. The van der Waals surface area contributed by atoms with Gasteiger partial charge in [-0.1, -0.05) is 13.8 Å². The summed E-state index contributed by atoms with van der Waals surface area (Å²) in [6.07, 6.45) is 9.08. The molecule has 2 heterocycles. The highest BCUT2D eigenvalue weighted by atomic mass is 16.2. The zero-order valence-corrected chi connectivity index (χ0v) is 14.6. The molecule has 2 rings (SSSR count). The molecule has 0 aliphatic carbocycles. The lowest BCUT2D eigenvalue weighted by Gasteiger charge is -2.33. The van der Waals surface area contributed by atoms with Crippen molar-refractivity contribution in [2.75, 3.05) is 26.2 Å². The van der Waals surface area contributed by atoms with Crippen LogP contribution in [0.15, 0.2) is 18.7 Å². The monoisotopic (exact) mass is 321 g/mol. The minimum absolute atomic E-state index is 0.0411. The third-order valence-corrected chi connectivity index (χ3v) is 4.33. The van der Waals surface area contributed by atoms with E-state index in [2.05, 4.69) is 13.8 Å². The summed E-state index contributed by atoms with van der Waals surface area (Å²) >= 11 is 0. The number of aryl methyl sites for hydroxylation is 1. The summed E-state index contributed by atoms with van der Waals surface area (Å²) in [5.41, 5.74) is 0. The third-order valence-electron chi connectivity index (χ3n) is 4.33. The average Bonchev–Trinajstić information content (AvgIpc) is 3.00. The van der Waals surface area contributed by atoms with Crippen LogP contribution in [0.4, 0.5) is 4.79 Å². The van der Waals surface area contributed by atoms with Crippen LogP contribution in [0.5, 0.6) is 0 Å². The molecule has 2 amide bonds. The predicted octanol–water partition coefficient (Wildman–Crippen LogP) is 1.64. The quantitative estimate of drug-likeness (QED) is 0.774. The van der Waals surface area contributed by atoms with E-state index >= 15 is 0 Å². The van der Waals surface area contributed by atoms with Crippen molar-refractivity contribution in [3.05, 3.63) is 18.7 Å². The average molecular weight is 321 g/mol. The Morgan fingerprint density at radius 2 is 1.96 bits per heavy atom.